The first-order valence-corrected chi connectivity index (χ1v) is 6.86. The van der Waals surface area contributed by atoms with Crippen LogP contribution >= 0.6 is 0 Å². The molecular weight excluding hydrogens is 214 g/mol. The Morgan fingerprint density at radius 3 is 2.65 bits per heavy atom. The molecule has 0 aromatic heterocycles. The van der Waals surface area contributed by atoms with Crippen molar-refractivity contribution in [2.75, 3.05) is 26.7 Å². The molecule has 4 heteroatoms. The van der Waals surface area contributed by atoms with Gasteiger partial charge in [0.1, 0.15) is 0 Å². The van der Waals surface area contributed by atoms with Crippen molar-refractivity contribution in [2.45, 2.75) is 44.6 Å². The highest BCUT2D eigenvalue weighted by Gasteiger charge is 2.39. The fraction of sp³-hybridized carbons (Fsp3) is 0.923. The molecule has 98 valence electrons. The van der Waals surface area contributed by atoms with E-state index in [9.17, 15) is 4.79 Å². The van der Waals surface area contributed by atoms with Crippen LogP contribution in [0.1, 0.15) is 38.5 Å². The van der Waals surface area contributed by atoms with Gasteiger partial charge < -0.3 is 16.0 Å². The second kappa shape index (κ2) is 5.36. The maximum absolute atomic E-state index is 12.4. The van der Waals surface area contributed by atoms with Gasteiger partial charge in [0, 0.05) is 19.1 Å². The van der Waals surface area contributed by atoms with Crippen LogP contribution < -0.4 is 11.1 Å². The molecule has 2 fully saturated rings. The Balaban J connectivity index is 1.92. The van der Waals surface area contributed by atoms with Crippen LogP contribution in [0.3, 0.4) is 0 Å². The smallest absolute Gasteiger partial charge is 0.227 e. The molecule has 1 amide bonds. The molecule has 1 aliphatic heterocycles. The number of carbonyl (C=O) groups is 1. The molecule has 0 aromatic carbocycles. The largest absolute Gasteiger partial charge is 0.352 e. The summed E-state index contributed by atoms with van der Waals surface area (Å²) >= 11 is 0. The Kier molecular flexibility index (Phi) is 4.05. The first-order chi connectivity index (χ1) is 8.16. The lowest BCUT2D eigenvalue weighted by Crippen LogP contribution is -2.50. The van der Waals surface area contributed by atoms with Crippen LogP contribution in [0.25, 0.3) is 0 Å². The Morgan fingerprint density at radius 1 is 1.41 bits per heavy atom. The van der Waals surface area contributed by atoms with E-state index in [2.05, 4.69) is 17.3 Å². The van der Waals surface area contributed by atoms with Crippen LogP contribution in [0.2, 0.25) is 0 Å². The van der Waals surface area contributed by atoms with Gasteiger partial charge in [-0.2, -0.15) is 0 Å². The van der Waals surface area contributed by atoms with E-state index in [-0.39, 0.29) is 11.3 Å². The molecule has 4 nitrogen and oxygen atoms in total. The van der Waals surface area contributed by atoms with Crippen molar-refractivity contribution >= 4 is 5.91 Å². The van der Waals surface area contributed by atoms with Gasteiger partial charge in [0.2, 0.25) is 5.91 Å². The monoisotopic (exact) mass is 239 g/mol. The standard InChI is InChI=1S/C13H25N3O/c1-16-8-5-11(9-16)15-12(17)13(10-14)6-3-2-4-7-13/h11H,2-10,14H2,1H3,(H,15,17). The molecule has 0 bridgehead atoms. The number of amides is 1. The van der Waals surface area contributed by atoms with E-state index in [1.807, 2.05) is 0 Å². The number of nitrogens with two attached hydrogens (primary N) is 1. The highest BCUT2D eigenvalue weighted by Crippen LogP contribution is 2.35. The number of hydrogen-bond donors (Lipinski definition) is 2. The molecule has 3 N–H and O–H groups in total. The summed E-state index contributed by atoms with van der Waals surface area (Å²) in [7, 11) is 2.10. The van der Waals surface area contributed by atoms with Crippen LogP contribution in [-0.2, 0) is 4.79 Å². The van der Waals surface area contributed by atoms with E-state index in [1.165, 1.54) is 6.42 Å². The van der Waals surface area contributed by atoms with Gasteiger partial charge in [-0.3, -0.25) is 4.79 Å². The fourth-order valence-electron chi connectivity index (χ4n) is 3.14. The van der Waals surface area contributed by atoms with Crippen molar-refractivity contribution in [2.24, 2.45) is 11.1 Å². The number of likely N-dealkylation sites (tertiary alicyclic amines) is 1. The summed E-state index contributed by atoms with van der Waals surface area (Å²) in [6.45, 7) is 2.56. The van der Waals surface area contributed by atoms with Gasteiger partial charge in [0.15, 0.2) is 0 Å². The van der Waals surface area contributed by atoms with Crippen molar-refractivity contribution in [3.05, 3.63) is 0 Å². The molecule has 2 rings (SSSR count). The average Bonchev–Trinajstić information content (AvgIpc) is 2.75. The zero-order valence-corrected chi connectivity index (χ0v) is 10.9. The van der Waals surface area contributed by atoms with Gasteiger partial charge in [-0.05, 0) is 32.9 Å². The topological polar surface area (TPSA) is 58.4 Å². The van der Waals surface area contributed by atoms with Gasteiger partial charge in [0.05, 0.1) is 5.41 Å². The third kappa shape index (κ3) is 2.80. The van der Waals surface area contributed by atoms with Gasteiger partial charge in [-0.1, -0.05) is 19.3 Å². The normalized spacial score (nSPS) is 29.2. The molecule has 17 heavy (non-hydrogen) atoms. The average molecular weight is 239 g/mol. The molecule has 1 saturated carbocycles. The molecule has 0 aromatic rings. The number of nitrogens with zero attached hydrogens (tertiary/aromatic N) is 1. The van der Waals surface area contributed by atoms with Crippen LogP contribution in [0.15, 0.2) is 0 Å². The zero-order chi connectivity index (χ0) is 12.3. The van der Waals surface area contributed by atoms with Gasteiger partial charge in [-0.15, -0.1) is 0 Å². The molecular formula is C13H25N3O. The third-order valence-corrected chi connectivity index (χ3v) is 4.41. The number of rotatable bonds is 3. The van der Waals surface area contributed by atoms with Crippen molar-refractivity contribution in [3.63, 3.8) is 0 Å². The summed E-state index contributed by atoms with van der Waals surface area (Å²) in [5.41, 5.74) is 5.60. The van der Waals surface area contributed by atoms with Gasteiger partial charge >= 0.3 is 0 Å². The van der Waals surface area contributed by atoms with Crippen molar-refractivity contribution in [1.29, 1.82) is 0 Å². The minimum absolute atomic E-state index is 0.208. The number of carbonyl (C=O) groups excluding carboxylic acids is 1. The van der Waals surface area contributed by atoms with Crippen LogP contribution in [0.4, 0.5) is 0 Å². The van der Waals surface area contributed by atoms with E-state index in [0.29, 0.717) is 12.6 Å². The molecule has 1 atom stereocenters. The number of nitrogens with one attached hydrogen (secondary N) is 1. The molecule has 0 radical (unpaired) electrons. The highest BCUT2D eigenvalue weighted by molar-refractivity contribution is 5.83. The number of hydrogen-bond acceptors (Lipinski definition) is 3. The Labute approximate surface area is 104 Å². The van der Waals surface area contributed by atoms with E-state index >= 15 is 0 Å². The SMILES string of the molecule is CN1CCC(NC(=O)C2(CN)CCCCC2)C1. The lowest BCUT2D eigenvalue weighted by molar-refractivity contribution is -0.133. The Morgan fingerprint density at radius 2 is 2.12 bits per heavy atom. The second-order valence-electron chi connectivity index (χ2n) is 5.77. The summed E-state index contributed by atoms with van der Waals surface area (Å²) in [6.07, 6.45) is 6.56. The van der Waals surface area contributed by atoms with Crippen LogP contribution in [0, 0.1) is 5.41 Å². The van der Waals surface area contributed by atoms with Crippen molar-refractivity contribution in [3.8, 4) is 0 Å². The van der Waals surface area contributed by atoms with Crippen molar-refractivity contribution in [1.82, 2.24) is 10.2 Å². The van der Waals surface area contributed by atoms with Crippen molar-refractivity contribution < 1.29 is 4.79 Å². The minimum Gasteiger partial charge on any atom is -0.352 e. The van der Waals surface area contributed by atoms with Crippen LogP contribution in [-0.4, -0.2) is 43.5 Å². The third-order valence-electron chi connectivity index (χ3n) is 4.41. The fourth-order valence-corrected chi connectivity index (χ4v) is 3.14. The molecule has 1 heterocycles. The summed E-state index contributed by atoms with van der Waals surface area (Å²) in [6, 6.07) is 0.331. The summed E-state index contributed by atoms with van der Waals surface area (Å²) in [5, 5.41) is 3.21. The van der Waals surface area contributed by atoms with Gasteiger partial charge in [0.25, 0.3) is 0 Å². The predicted molar refractivity (Wildman–Crippen MR) is 68.6 cm³/mol. The molecule has 1 saturated heterocycles. The summed E-state index contributed by atoms with van der Waals surface area (Å²) in [5.74, 6) is 0.208. The Hall–Kier alpha value is -0.610. The summed E-state index contributed by atoms with van der Waals surface area (Å²) < 4.78 is 0. The Bertz CT molecular complexity index is 274. The maximum Gasteiger partial charge on any atom is 0.227 e. The molecule has 2 aliphatic rings. The quantitative estimate of drug-likeness (QED) is 0.763. The van der Waals surface area contributed by atoms with E-state index in [1.54, 1.807) is 0 Å². The molecule has 0 spiro atoms. The first kappa shape index (κ1) is 12.8. The number of likely N-dealkylation sites (N-methyl/N-ethyl adjacent to an activating group) is 1. The lowest BCUT2D eigenvalue weighted by atomic mass is 9.73. The molecule has 1 aliphatic carbocycles. The second-order valence-corrected chi connectivity index (χ2v) is 5.77. The lowest BCUT2D eigenvalue weighted by Gasteiger charge is -2.35. The molecule has 1 unspecified atom stereocenters. The zero-order valence-electron chi connectivity index (χ0n) is 10.9. The summed E-state index contributed by atoms with van der Waals surface area (Å²) in [4.78, 5) is 14.7. The van der Waals surface area contributed by atoms with E-state index in [0.717, 1.165) is 45.2 Å². The van der Waals surface area contributed by atoms with E-state index in [4.69, 9.17) is 5.73 Å². The van der Waals surface area contributed by atoms with Crippen LogP contribution in [0.5, 0.6) is 0 Å². The highest BCUT2D eigenvalue weighted by atomic mass is 16.2. The first-order valence-electron chi connectivity index (χ1n) is 6.86. The van der Waals surface area contributed by atoms with E-state index < -0.39 is 0 Å². The predicted octanol–water partition coefficient (Wildman–Crippen LogP) is 0.716. The van der Waals surface area contributed by atoms with Gasteiger partial charge in [-0.25, -0.2) is 0 Å². The maximum atomic E-state index is 12.4. The minimum atomic E-state index is -0.264.